The van der Waals surface area contributed by atoms with Gasteiger partial charge in [-0.15, -0.1) is 0 Å². The molecule has 4 saturated heterocycles. The van der Waals surface area contributed by atoms with Gasteiger partial charge in [0.05, 0.1) is 57.0 Å². The summed E-state index contributed by atoms with van der Waals surface area (Å²) in [7, 11) is 0. The third-order valence-corrected chi connectivity index (χ3v) is 4.42. The van der Waals surface area contributed by atoms with Crippen LogP contribution in [0, 0.1) is 0 Å². The van der Waals surface area contributed by atoms with Crippen molar-refractivity contribution in [3.8, 4) is 0 Å². The molecule has 4 unspecified atom stereocenters. The molecule has 0 amide bonds. The SMILES string of the molecule is CC(N(CC1CO1)CC1CO1)N(CC1CO1)CC1CO1. The average Bonchev–Trinajstić information content (AvgIpc) is 3.24. The second kappa shape index (κ2) is 5.51. The van der Waals surface area contributed by atoms with Crippen LogP contribution in [0.4, 0.5) is 0 Å². The van der Waals surface area contributed by atoms with Crippen LogP contribution < -0.4 is 0 Å². The van der Waals surface area contributed by atoms with Crippen LogP contribution in [-0.4, -0.2) is 93.0 Å². The second-order valence-electron chi connectivity index (χ2n) is 6.36. The van der Waals surface area contributed by atoms with Crippen LogP contribution in [-0.2, 0) is 18.9 Å². The molecule has 6 heteroatoms. The smallest absolute Gasteiger partial charge is 0.0937 e. The fraction of sp³-hybridized carbons (Fsp3) is 1.00. The van der Waals surface area contributed by atoms with E-state index in [1.54, 1.807) is 0 Å². The molecule has 0 aromatic rings. The Kier molecular flexibility index (Phi) is 3.70. The highest BCUT2D eigenvalue weighted by molar-refractivity contribution is 4.87. The van der Waals surface area contributed by atoms with Gasteiger partial charge >= 0.3 is 0 Å². The first kappa shape index (κ1) is 13.4. The van der Waals surface area contributed by atoms with E-state index >= 15 is 0 Å². The number of hydrogen-bond acceptors (Lipinski definition) is 6. The van der Waals surface area contributed by atoms with Crippen molar-refractivity contribution in [3.05, 3.63) is 0 Å². The maximum Gasteiger partial charge on any atom is 0.0937 e. The van der Waals surface area contributed by atoms with Crippen molar-refractivity contribution in [3.63, 3.8) is 0 Å². The third-order valence-electron chi connectivity index (χ3n) is 4.42. The van der Waals surface area contributed by atoms with Gasteiger partial charge in [0.15, 0.2) is 0 Å². The number of rotatable bonds is 10. The predicted molar refractivity (Wildman–Crippen MR) is 71.6 cm³/mol. The summed E-state index contributed by atoms with van der Waals surface area (Å²) in [5, 5.41) is 0. The van der Waals surface area contributed by atoms with Crippen molar-refractivity contribution in [2.45, 2.75) is 37.5 Å². The highest BCUT2D eigenvalue weighted by atomic mass is 16.6. The van der Waals surface area contributed by atoms with Gasteiger partial charge in [-0.3, -0.25) is 9.80 Å². The summed E-state index contributed by atoms with van der Waals surface area (Å²) >= 11 is 0. The summed E-state index contributed by atoms with van der Waals surface area (Å²) in [4.78, 5) is 5.00. The summed E-state index contributed by atoms with van der Waals surface area (Å²) in [6.07, 6.45) is 2.08. The predicted octanol–water partition coefficient (Wildman–Crippen LogP) is -0.468. The molecule has 4 rings (SSSR count). The van der Waals surface area contributed by atoms with Gasteiger partial charge in [0.1, 0.15) is 0 Å². The second-order valence-corrected chi connectivity index (χ2v) is 6.36. The molecule has 0 spiro atoms. The molecule has 6 nitrogen and oxygen atoms in total. The summed E-state index contributed by atoms with van der Waals surface area (Å²) in [5.74, 6) is 0. The van der Waals surface area contributed by atoms with E-state index in [9.17, 15) is 0 Å². The molecule has 4 atom stereocenters. The normalized spacial score (nSPS) is 39.1. The van der Waals surface area contributed by atoms with Gasteiger partial charge in [0.25, 0.3) is 0 Å². The van der Waals surface area contributed by atoms with Crippen molar-refractivity contribution in [2.24, 2.45) is 0 Å². The third kappa shape index (κ3) is 3.90. The van der Waals surface area contributed by atoms with Crippen molar-refractivity contribution in [1.82, 2.24) is 9.80 Å². The highest BCUT2D eigenvalue weighted by Gasteiger charge is 2.38. The fourth-order valence-electron chi connectivity index (χ4n) is 2.73. The molecule has 4 aliphatic rings. The zero-order valence-corrected chi connectivity index (χ0v) is 12.1. The Balaban J connectivity index is 1.36. The first-order valence-electron chi connectivity index (χ1n) is 7.72. The summed E-state index contributed by atoms with van der Waals surface area (Å²) < 4.78 is 21.6. The molecule has 0 bridgehead atoms. The van der Waals surface area contributed by atoms with Gasteiger partial charge in [-0.05, 0) is 6.92 Å². The summed E-state index contributed by atoms with van der Waals surface area (Å²) in [5.41, 5.74) is 0. The quantitative estimate of drug-likeness (QED) is 0.399. The molecule has 20 heavy (non-hydrogen) atoms. The van der Waals surface area contributed by atoms with Crippen molar-refractivity contribution < 1.29 is 18.9 Å². The van der Waals surface area contributed by atoms with E-state index in [4.69, 9.17) is 18.9 Å². The topological polar surface area (TPSA) is 56.6 Å². The molecule has 4 heterocycles. The fourth-order valence-corrected chi connectivity index (χ4v) is 2.73. The minimum absolute atomic E-state index is 0.386. The van der Waals surface area contributed by atoms with Gasteiger partial charge in [-0.2, -0.15) is 0 Å². The van der Waals surface area contributed by atoms with Crippen LogP contribution in [0.15, 0.2) is 0 Å². The minimum atomic E-state index is 0.386. The number of hydrogen-bond donors (Lipinski definition) is 0. The van der Waals surface area contributed by atoms with E-state index in [1.165, 1.54) is 0 Å². The molecular weight excluding hydrogens is 260 g/mol. The van der Waals surface area contributed by atoms with Gasteiger partial charge in [0, 0.05) is 26.2 Å². The standard InChI is InChI=1S/C14H24N2O4/c1-10(15(2-11-6-17-11)3-12-7-18-12)16(4-13-8-19-13)5-14-9-20-14/h10-14H,2-9H2,1H3. The van der Waals surface area contributed by atoms with E-state index in [-0.39, 0.29) is 0 Å². The van der Waals surface area contributed by atoms with Gasteiger partial charge in [-0.25, -0.2) is 0 Å². The van der Waals surface area contributed by atoms with Crippen LogP contribution in [0.3, 0.4) is 0 Å². The van der Waals surface area contributed by atoms with E-state index in [1.807, 2.05) is 0 Å². The maximum absolute atomic E-state index is 5.41. The Hall–Kier alpha value is -0.240. The molecule has 4 fully saturated rings. The monoisotopic (exact) mass is 284 g/mol. The van der Waals surface area contributed by atoms with Crippen LogP contribution in [0.25, 0.3) is 0 Å². The minimum Gasteiger partial charge on any atom is -0.372 e. The lowest BCUT2D eigenvalue weighted by molar-refractivity contribution is 0.0353. The Bertz CT molecular complexity index is 280. The van der Waals surface area contributed by atoms with Crippen molar-refractivity contribution in [2.75, 3.05) is 52.6 Å². The molecule has 114 valence electrons. The van der Waals surface area contributed by atoms with Crippen LogP contribution in [0.5, 0.6) is 0 Å². The lowest BCUT2D eigenvalue weighted by Crippen LogP contribution is -2.51. The summed E-state index contributed by atoms with van der Waals surface area (Å²) in [6, 6.07) is 0. The Morgan fingerprint density at radius 2 is 0.950 bits per heavy atom. The largest absolute Gasteiger partial charge is 0.372 e. The molecule has 0 saturated carbocycles. The first-order valence-corrected chi connectivity index (χ1v) is 7.72. The lowest BCUT2D eigenvalue weighted by Gasteiger charge is -2.37. The number of nitrogens with zero attached hydrogens (tertiary/aromatic N) is 2. The molecule has 0 aromatic heterocycles. The number of ether oxygens (including phenoxy) is 4. The Labute approximate surface area is 119 Å². The zero-order chi connectivity index (χ0) is 13.5. The summed E-state index contributed by atoms with van der Waals surface area (Å²) in [6.45, 7) is 9.96. The number of epoxide rings is 4. The van der Waals surface area contributed by atoms with Crippen molar-refractivity contribution >= 4 is 0 Å². The maximum atomic E-state index is 5.41. The zero-order valence-electron chi connectivity index (χ0n) is 12.1. The van der Waals surface area contributed by atoms with E-state index < -0.39 is 0 Å². The van der Waals surface area contributed by atoms with Crippen molar-refractivity contribution in [1.29, 1.82) is 0 Å². The molecule has 4 aliphatic heterocycles. The van der Waals surface area contributed by atoms with Crippen LogP contribution >= 0.6 is 0 Å². The van der Waals surface area contributed by atoms with E-state index in [0.717, 1.165) is 52.6 Å². The average molecular weight is 284 g/mol. The molecule has 0 N–H and O–H groups in total. The molecule has 0 radical (unpaired) electrons. The molecule has 0 aromatic carbocycles. The van der Waals surface area contributed by atoms with Gasteiger partial charge < -0.3 is 18.9 Å². The highest BCUT2D eigenvalue weighted by Crippen LogP contribution is 2.23. The van der Waals surface area contributed by atoms with Crippen LogP contribution in [0.2, 0.25) is 0 Å². The van der Waals surface area contributed by atoms with Crippen LogP contribution in [0.1, 0.15) is 6.92 Å². The van der Waals surface area contributed by atoms with Gasteiger partial charge in [0.2, 0.25) is 0 Å². The Morgan fingerprint density at radius 1 is 0.700 bits per heavy atom. The van der Waals surface area contributed by atoms with E-state index in [2.05, 4.69) is 16.7 Å². The Morgan fingerprint density at radius 3 is 1.15 bits per heavy atom. The molecule has 0 aliphatic carbocycles. The van der Waals surface area contributed by atoms with Gasteiger partial charge in [-0.1, -0.05) is 0 Å². The molecular formula is C14H24N2O4. The van der Waals surface area contributed by atoms with E-state index in [0.29, 0.717) is 30.6 Å². The lowest BCUT2D eigenvalue weighted by atomic mass is 10.2. The first-order chi connectivity index (χ1) is 9.78.